The van der Waals surface area contributed by atoms with Crippen LogP contribution in [0.15, 0.2) is 0 Å². The van der Waals surface area contributed by atoms with E-state index in [4.69, 9.17) is 22.9 Å². The molecule has 0 bridgehead atoms. The van der Waals surface area contributed by atoms with Gasteiger partial charge < -0.3 is 28.3 Å². The second kappa shape index (κ2) is 15.6. The van der Waals surface area contributed by atoms with Crippen LogP contribution >= 0.6 is 12.6 Å². The number of Topliss-reactive ketones (excluding diaryl/α,β-unsaturated/α-hetero) is 2. The second-order valence-electron chi connectivity index (χ2n) is 12.4. The Balaban J connectivity index is 2.38. The zero-order chi connectivity index (χ0) is 29.2. The molecule has 1 unspecified atom stereocenters. The summed E-state index contributed by atoms with van der Waals surface area (Å²) in [6.45, 7) is 3.91. The molecule has 39 heavy (non-hydrogen) atoms. The van der Waals surface area contributed by atoms with Gasteiger partial charge in [-0.05, 0) is 64.3 Å². The molecule has 0 saturated heterocycles. The highest BCUT2D eigenvalue weighted by molar-refractivity contribution is 7.81. The van der Waals surface area contributed by atoms with Crippen molar-refractivity contribution in [2.75, 3.05) is 6.54 Å². The van der Waals surface area contributed by atoms with Gasteiger partial charge in [0.25, 0.3) is 0 Å². The van der Waals surface area contributed by atoms with Crippen molar-refractivity contribution in [2.24, 2.45) is 40.7 Å². The Morgan fingerprint density at radius 3 is 2.03 bits per heavy atom. The second-order valence-corrected chi connectivity index (χ2v) is 13.6. The molecule has 2 fully saturated rings. The first-order valence-corrected chi connectivity index (χ1v) is 15.3. The third kappa shape index (κ3) is 9.35. The first-order chi connectivity index (χ1) is 18.4. The van der Waals surface area contributed by atoms with Gasteiger partial charge in [-0.25, -0.2) is 0 Å². The van der Waals surface area contributed by atoms with Crippen LogP contribution < -0.4 is 28.3 Å². The van der Waals surface area contributed by atoms with Crippen LogP contribution in [-0.2, 0) is 19.2 Å². The van der Waals surface area contributed by atoms with E-state index in [9.17, 15) is 19.2 Å². The normalized spacial score (nSPS) is 22.2. The maximum Gasteiger partial charge on any atom is 0.237 e. The topological polar surface area (TPSA) is 184 Å². The highest BCUT2D eigenvalue weighted by atomic mass is 32.1. The zero-order valence-corrected chi connectivity index (χ0v) is 24.9. The predicted octanol–water partition coefficient (Wildman–Crippen LogP) is 2.08. The van der Waals surface area contributed by atoms with Gasteiger partial charge in [0.15, 0.2) is 17.1 Å². The number of hydrogen-bond acceptors (Lipinski definition) is 9. The molecule has 9 N–H and O–H groups in total. The van der Waals surface area contributed by atoms with Crippen LogP contribution in [0.3, 0.4) is 0 Å². The summed E-state index contributed by atoms with van der Waals surface area (Å²) in [6.07, 6.45) is 13.4. The van der Waals surface area contributed by atoms with Gasteiger partial charge in [0, 0.05) is 4.75 Å². The fourth-order valence-corrected chi connectivity index (χ4v) is 6.62. The Morgan fingerprint density at radius 2 is 1.51 bits per heavy atom. The fourth-order valence-electron chi connectivity index (χ4n) is 6.42. The number of carbonyl (C=O) groups excluding carboxylic acids is 4. The summed E-state index contributed by atoms with van der Waals surface area (Å²) >= 11 is 4.64. The third-order valence-electron chi connectivity index (χ3n) is 8.73. The van der Waals surface area contributed by atoms with Gasteiger partial charge in [-0.15, -0.1) is 0 Å². The van der Waals surface area contributed by atoms with Gasteiger partial charge in [-0.2, -0.15) is 12.6 Å². The molecule has 0 aromatic heterocycles. The molecule has 2 saturated carbocycles. The number of unbranched alkanes of at least 4 members (excludes halogenated alkanes) is 1. The number of nitrogens with two attached hydrogens (primary N) is 4. The highest BCUT2D eigenvalue weighted by Gasteiger charge is 2.54. The minimum atomic E-state index is -2.21. The maximum absolute atomic E-state index is 14.4. The molecule has 223 valence electrons. The van der Waals surface area contributed by atoms with Crippen molar-refractivity contribution in [3.05, 3.63) is 0 Å². The number of carbonyl (C=O) groups is 3. The molecule has 5 atom stereocenters. The van der Waals surface area contributed by atoms with Crippen LogP contribution in [0.2, 0.25) is 0 Å². The summed E-state index contributed by atoms with van der Waals surface area (Å²) in [5, 5.41) is 2.78. The van der Waals surface area contributed by atoms with Gasteiger partial charge in [-0.1, -0.05) is 57.8 Å². The lowest BCUT2D eigenvalue weighted by atomic mass is 9.64. The summed E-state index contributed by atoms with van der Waals surface area (Å²) < 4.78 is -1.02. The van der Waals surface area contributed by atoms with E-state index in [0.717, 1.165) is 51.4 Å². The van der Waals surface area contributed by atoms with E-state index in [0.29, 0.717) is 44.6 Å². The fraction of sp³-hybridized carbons (Fsp3) is 0.862. The van der Waals surface area contributed by atoms with E-state index in [2.05, 4.69) is 17.9 Å². The van der Waals surface area contributed by atoms with Crippen molar-refractivity contribution in [2.45, 2.75) is 132 Å². The first kappa shape index (κ1) is 33.9. The van der Waals surface area contributed by atoms with E-state index in [-0.39, 0.29) is 5.92 Å². The number of nitrogens with one attached hydrogen (secondary N) is 1. The molecule has 9 nitrogen and oxygen atoms in total. The van der Waals surface area contributed by atoms with Crippen molar-refractivity contribution < 1.29 is 19.2 Å². The lowest BCUT2D eigenvalue weighted by molar-refractivity contribution is -0.138. The lowest BCUT2D eigenvalue weighted by Gasteiger charge is -2.42. The van der Waals surface area contributed by atoms with Crippen LogP contribution in [0.25, 0.3) is 0 Å². The van der Waals surface area contributed by atoms with Gasteiger partial charge in [0.2, 0.25) is 12.2 Å². The molecule has 2 rings (SSSR count). The summed E-state index contributed by atoms with van der Waals surface area (Å²) in [7, 11) is 0. The van der Waals surface area contributed by atoms with E-state index in [1.54, 1.807) is 20.1 Å². The van der Waals surface area contributed by atoms with Crippen molar-refractivity contribution >= 4 is 36.4 Å². The van der Waals surface area contributed by atoms with Crippen molar-refractivity contribution in [1.82, 2.24) is 5.32 Å². The molecular formula is C29H52N5O4S. The summed E-state index contributed by atoms with van der Waals surface area (Å²) in [5.74, 6) is -2.82. The average molecular weight is 567 g/mol. The van der Waals surface area contributed by atoms with Crippen LogP contribution in [0.4, 0.5) is 0 Å². The maximum atomic E-state index is 14.4. The zero-order valence-electron chi connectivity index (χ0n) is 24.0. The number of hydrogen-bond donors (Lipinski definition) is 6. The largest absolute Gasteiger partial charge is 0.344 e. The molecule has 0 aromatic carbocycles. The molecule has 0 heterocycles. The smallest absolute Gasteiger partial charge is 0.237 e. The standard InChI is InChI=1S/C29H52N5O4S/c1-28(2,39)25(34-27(38)21(31)15-9-10-16-30)24(36)23(20-13-7-4-8-14-20)29(33,18-35)26(37)22(32)17-19-11-5-3-6-12-19/h19-23,25,39H,3-17,30-33H2,1-2H3,(H,34,38)/t21-,22-,23?,25+,29+/m0/s1. The third-order valence-corrected chi connectivity index (χ3v) is 8.99. The monoisotopic (exact) mass is 566 g/mol. The Morgan fingerprint density at radius 1 is 0.949 bits per heavy atom. The van der Waals surface area contributed by atoms with Crippen molar-refractivity contribution in [1.29, 1.82) is 0 Å². The molecule has 1 amide bonds. The molecular weight excluding hydrogens is 514 g/mol. The SMILES string of the molecule is CC(C)(S)[C@H](NC(=O)[C@@H](N)CCCCN)C(=O)C(C1CCCCC1)[C@](N)([C]=O)C(=O)[C@@H](N)CC1CCCCC1. The van der Waals surface area contributed by atoms with E-state index in [1.807, 2.05) is 0 Å². The minimum Gasteiger partial charge on any atom is -0.344 e. The van der Waals surface area contributed by atoms with Crippen LogP contribution in [-0.4, -0.2) is 58.7 Å². The molecule has 2 aliphatic rings. The Hall–Kier alpha value is -1.33. The first-order valence-electron chi connectivity index (χ1n) is 14.9. The number of amides is 1. The lowest BCUT2D eigenvalue weighted by Crippen LogP contribution is -2.68. The summed E-state index contributed by atoms with van der Waals surface area (Å²) in [5.41, 5.74) is 22.5. The Labute approximate surface area is 240 Å². The summed E-state index contributed by atoms with van der Waals surface area (Å²) in [6, 6.07) is -2.92. The van der Waals surface area contributed by atoms with Gasteiger partial charge in [0.05, 0.1) is 18.0 Å². The molecule has 1 radical (unpaired) electrons. The molecule has 0 aliphatic heterocycles. The number of rotatable bonds is 16. The summed E-state index contributed by atoms with van der Waals surface area (Å²) in [4.78, 5) is 53.8. The van der Waals surface area contributed by atoms with E-state index < -0.39 is 51.8 Å². The quantitative estimate of drug-likeness (QED) is 0.0931. The van der Waals surface area contributed by atoms with Gasteiger partial charge in [0.1, 0.15) is 6.04 Å². The number of ketones is 2. The predicted molar refractivity (Wildman–Crippen MR) is 158 cm³/mol. The molecule has 10 heteroatoms. The Kier molecular flexibility index (Phi) is 13.6. The van der Waals surface area contributed by atoms with Crippen molar-refractivity contribution in [3.8, 4) is 0 Å². The van der Waals surface area contributed by atoms with Crippen LogP contribution in [0.1, 0.15) is 104 Å². The van der Waals surface area contributed by atoms with Crippen LogP contribution in [0, 0.1) is 17.8 Å². The Bertz CT molecular complexity index is 823. The highest BCUT2D eigenvalue weighted by Crippen LogP contribution is 2.39. The van der Waals surface area contributed by atoms with Gasteiger partial charge in [-0.3, -0.25) is 19.2 Å². The minimum absolute atomic E-state index is 0.293. The molecule has 0 aromatic rings. The van der Waals surface area contributed by atoms with Crippen LogP contribution in [0.5, 0.6) is 0 Å². The average Bonchev–Trinajstić information content (AvgIpc) is 2.91. The molecule has 0 spiro atoms. The van der Waals surface area contributed by atoms with E-state index >= 15 is 0 Å². The van der Waals surface area contributed by atoms with Crippen molar-refractivity contribution in [3.63, 3.8) is 0 Å². The van der Waals surface area contributed by atoms with E-state index in [1.165, 1.54) is 6.42 Å². The number of thiol groups is 1. The molecule has 2 aliphatic carbocycles. The van der Waals surface area contributed by atoms with Gasteiger partial charge >= 0.3 is 0 Å².